The number of ether oxygens (including phenoxy) is 1. The van der Waals surface area contributed by atoms with E-state index in [-0.39, 0.29) is 24.4 Å². The van der Waals surface area contributed by atoms with E-state index in [1.165, 1.54) is 0 Å². The Bertz CT molecular complexity index is 1340. The highest BCUT2D eigenvalue weighted by molar-refractivity contribution is 7.80. The number of nitrogens with one attached hydrogen (secondary N) is 2. The van der Waals surface area contributed by atoms with Crippen molar-refractivity contribution >= 4 is 28.9 Å². The van der Waals surface area contributed by atoms with Crippen molar-refractivity contribution in [1.29, 1.82) is 0 Å². The van der Waals surface area contributed by atoms with E-state index in [0.29, 0.717) is 18.3 Å². The average Bonchev–Trinajstić information content (AvgIpc) is 3.54. The lowest BCUT2D eigenvalue weighted by atomic mass is 10.0. The molecule has 2 N–H and O–H groups in total. The van der Waals surface area contributed by atoms with Gasteiger partial charge in [0.1, 0.15) is 23.3 Å². The molecule has 1 aliphatic rings. The molecule has 37 heavy (non-hydrogen) atoms. The Labute approximate surface area is 221 Å². The summed E-state index contributed by atoms with van der Waals surface area (Å²) in [6.07, 6.45) is 2.04. The van der Waals surface area contributed by atoms with Crippen molar-refractivity contribution in [3.63, 3.8) is 0 Å². The number of carbonyl (C=O) groups is 1. The Morgan fingerprint density at radius 1 is 1.05 bits per heavy atom. The van der Waals surface area contributed by atoms with E-state index in [2.05, 4.69) is 15.6 Å². The van der Waals surface area contributed by atoms with Gasteiger partial charge in [0.25, 0.3) is 0 Å². The number of benzene rings is 2. The third-order valence-electron chi connectivity index (χ3n) is 6.20. The number of rotatable bonds is 9. The molecule has 2 aromatic heterocycles. The molecule has 3 heterocycles. The Hall–Kier alpha value is -4.17. The fraction of sp³-hybridized carbons (Fsp3) is 0.207. The number of nitrogens with zero attached hydrogens (tertiary/aromatic N) is 2. The zero-order valence-corrected chi connectivity index (χ0v) is 21.3. The molecule has 0 bridgehead atoms. The summed E-state index contributed by atoms with van der Waals surface area (Å²) >= 11 is 5.72. The van der Waals surface area contributed by atoms with E-state index in [1.807, 2.05) is 96.8 Å². The van der Waals surface area contributed by atoms with E-state index < -0.39 is 0 Å². The van der Waals surface area contributed by atoms with Gasteiger partial charge in [0.15, 0.2) is 5.11 Å². The maximum atomic E-state index is 12.7. The summed E-state index contributed by atoms with van der Waals surface area (Å²) in [6.45, 7) is 3.01. The van der Waals surface area contributed by atoms with Crippen molar-refractivity contribution in [3.05, 3.63) is 103 Å². The van der Waals surface area contributed by atoms with E-state index in [9.17, 15) is 4.79 Å². The SMILES string of the molecule is CCOc1ccc(-c2ccc([C@H]3[C@H](c4ccccn4)NC(=S)N3CCC(=O)Nc3ccccc3)o2)cc1. The minimum Gasteiger partial charge on any atom is -0.494 e. The van der Waals surface area contributed by atoms with Gasteiger partial charge in [0.2, 0.25) is 5.91 Å². The zero-order chi connectivity index (χ0) is 25.6. The van der Waals surface area contributed by atoms with E-state index >= 15 is 0 Å². The van der Waals surface area contributed by atoms with Gasteiger partial charge in [-0.05, 0) is 79.8 Å². The maximum Gasteiger partial charge on any atom is 0.226 e. The molecule has 0 radical (unpaired) electrons. The normalized spacial score (nSPS) is 16.9. The second-order valence-corrected chi connectivity index (χ2v) is 9.03. The van der Waals surface area contributed by atoms with E-state index in [4.69, 9.17) is 21.4 Å². The molecule has 0 unspecified atom stereocenters. The lowest BCUT2D eigenvalue weighted by molar-refractivity contribution is -0.116. The topological polar surface area (TPSA) is 79.6 Å². The van der Waals surface area contributed by atoms with Crippen molar-refractivity contribution in [3.8, 4) is 17.1 Å². The van der Waals surface area contributed by atoms with Crippen molar-refractivity contribution in [2.45, 2.75) is 25.4 Å². The van der Waals surface area contributed by atoms with Crippen LogP contribution in [0.15, 0.2) is 95.5 Å². The molecule has 188 valence electrons. The van der Waals surface area contributed by atoms with Gasteiger partial charge in [-0.1, -0.05) is 24.3 Å². The summed E-state index contributed by atoms with van der Waals surface area (Å²) in [5.74, 6) is 2.23. The van der Waals surface area contributed by atoms with Crippen LogP contribution in [0.5, 0.6) is 5.75 Å². The smallest absolute Gasteiger partial charge is 0.226 e. The fourth-order valence-corrected chi connectivity index (χ4v) is 4.80. The van der Waals surface area contributed by atoms with E-state index in [0.717, 1.165) is 34.2 Å². The van der Waals surface area contributed by atoms with Crippen molar-refractivity contribution < 1.29 is 13.9 Å². The minimum atomic E-state index is -0.261. The Morgan fingerprint density at radius 3 is 2.57 bits per heavy atom. The molecule has 2 atom stereocenters. The fourth-order valence-electron chi connectivity index (χ4n) is 4.47. The number of aromatic nitrogens is 1. The van der Waals surface area contributed by atoms with Crippen LogP contribution in [-0.2, 0) is 4.79 Å². The third-order valence-corrected chi connectivity index (χ3v) is 6.56. The monoisotopic (exact) mass is 512 g/mol. The number of hydrogen-bond acceptors (Lipinski definition) is 5. The van der Waals surface area contributed by atoms with Gasteiger partial charge in [0.05, 0.1) is 18.3 Å². The predicted octanol–water partition coefficient (Wildman–Crippen LogP) is 5.74. The zero-order valence-electron chi connectivity index (χ0n) is 20.5. The summed E-state index contributed by atoms with van der Waals surface area (Å²) in [7, 11) is 0. The van der Waals surface area contributed by atoms with Crippen LogP contribution in [0.3, 0.4) is 0 Å². The molecule has 1 fully saturated rings. The second-order valence-electron chi connectivity index (χ2n) is 8.64. The number of para-hydroxylation sites is 1. The van der Waals surface area contributed by atoms with Crippen LogP contribution >= 0.6 is 12.2 Å². The van der Waals surface area contributed by atoms with Gasteiger partial charge >= 0.3 is 0 Å². The van der Waals surface area contributed by atoms with Crippen LogP contribution in [0, 0.1) is 0 Å². The van der Waals surface area contributed by atoms with Gasteiger partial charge < -0.3 is 24.7 Å². The summed E-state index contributed by atoms with van der Waals surface area (Å²) in [6, 6.07) is 26.5. The minimum absolute atomic E-state index is 0.0800. The Balaban J connectivity index is 1.38. The Morgan fingerprint density at radius 2 is 1.84 bits per heavy atom. The lowest BCUT2D eigenvalue weighted by Gasteiger charge is -2.25. The van der Waals surface area contributed by atoms with Crippen LogP contribution in [0.1, 0.15) is 36.9 Å². The highest BCUT2D eigenvalue weighted by Gasteiger charge is 2.41. The summed E-state index contributed by atoms with van der Waals surface area (Å²) in [5.41, 5.74) is 2.57. The first-order chi connectivity index (χ1) is 18.1. The van der Waals surface area contributed by atoms with Crippen molar-refractivity contribution in [2.75, 3.05) is 18.5 Å². The van der Waals surface area contributed by atoms with Crippen molar-refractivity contribution in [1.82, 2.24) is 15.2 Å². The van der Waals surface area contributed by atoms with Gasteiger partial charge in [0, 0.05) is 30.4 Å². The first kappa shape index (κ1) is 24.5. The summed E-state index contributed by atoms with van der Waals surface area (Å²) in [4.78, 5) is 19.3. The number of amides is 1. The number of anilines is 1. The van der Waals surface area contributed by atoms with Gasteiger partial charge in [-0.25, -0.2) is 0 Å². The number of hydrogen-bond donors (Lipinski definition) is 2. The second kappa shape index (κ2) is 11.3. The van der Waals surface area contributed by atoms with Crippen LogP contribution in [-0.4, -0.2) is 34.1 Å². The van der Waals surface area contributed by atoms with Gasteiger partial charge in [-0.2, -0.15) is 0 Å². The van der Waals surface area contributed by atoms with Crippen molar-refractivity contribution in [2.24, 2.45) is 0 Å². The van der Waals surface area contributed by atoms with Crippen LogP contribution in [0.2, 0.25) is 0 Å². The number of thiocarbonyl (C=S) groups is 1. The van der Waals surface area contributed by atoms with Gasteiger partial charge in [-0.3, -0.25) is 9.78 Å². The van der Waals surface area contributed by atoms with Gasteiger partial charge in [-0.15, -0.1) is 0 Å². The highest BCUT2D eigenvalue weighted by Crippen LogP contribution is 2.40. The quantitative estimate of drug-likeness (QED) is 0.277. The molecule has 4 aromatic rings. The van der Waals surface area contributed by atoms with Crippen LogP contribution in [0.4, 0.5) is 5.69 Å². The highest BCUT2D eigenvalue weighted by atomic mass is 32.1. The van der Waals surface area contributed by atoms with E-state index in [1.54, 1.807) is 6.20 Å². The molecule has 1 aliphatic heterocycles. The number of carbonyl (C=O) groups excluding carboxylic acids is 1. The van der Waals surface area contributed by atoms with Crippen LogP contribution < -0.4 is 15.4 Å². The molecule has 7 nitrogen and oxygen atoms in total. The average molecular weight is 513 g/mol. The molecule has 1 amide bonds. The first-order valence-corrected chi connectivity index (χ1v) is 12.7. The first-order valence-electron chi connectivity index (χ1n) is 12.3. The largest absolute Gasteiger partial charge is 0.494 e. The molecule has 0 aliphatic carbocycles. The maximum absolute atomic E-state index is 12.7. The lowest BCUT2D eigenvalue weighted by Crippen LogP contribution is -2.32. The Kier molecular flexibility index (Phi) is 7.46. The molecular formula is C29H28N4O3S. The number of furan rings is 1. The summed E-state index contributed by atoms with van der Waals surface area (Å²) in [5, 5.41) is 6.90. The standard InChI is InChI=1S/C29H28N4O3S/c1-2-35-22-13-11-20(12-14-22)24-15-16-25(36-24)28-27(23-10-6-7-18-30-23)32-29(37)33(28)19-17-26(34)31-21-8-4-3-5-9-21/h3-16,18,27-28H,2,17,19H2,1H3,(H,31,34)(H,32,37)/t27-,28-/m0/s1. The molecule has 0 spiro atoms. The number of pyridine rings is 1. The molecule has 5 rings (SSSR count). The summed E-state index contributed by atoms with van der Waals surface area (Å²) < 4.78 is 11.9. The third kappa shape index (κ3) is 5.65. The molecule has 8 heteroatoms. The van der Waals surface area contributed by atoms with Crippen LogP contribution in [0.25, 0.3) is 11.3 Å². The predicted molar refractivity (Wildman–Crippen MR) is 147 cm³/mol. The molecular weight excluding hydrogens is 484 g/mol. The molecule has 0 saturated carbocycles. The molecule has 2 aromatic carbocycles. The molecule has 1 saturated heterocycles.